The molecule has 148 valence electrons. The van der Waals surface area contributed by atoms with Gasteiger partial charge in [-0.2, -0.15) is 0 Å². The standard InChI is InChI=1S/C19H20ClN3O4S/c1-2-3-10-4-6-12-15(8-10)28-19(16(12)17(21)24)22-18(25)13-9-11(20)5-7-14(13)23(26)27/h5,7,9-10H,2-4,6,8H2,1H3,(H2,21,24)(H,22,25)/t10-/m1/s1. The Morgan fingerprint density at radius 1 is 1.43 bits per heavy atom. The Labute approximate surface area is 171 Å². The molecule has 0 radical (unpaired) electrons. The van der Waals surface area contributed by atoms with Gasteiger partial charge in [0.15, 0.2) is 0 Å². The number of nitrogens with one attached hydrogen (secondary N) is 1. The third-order valence-corrected chi connectivity index (χ3v) is 6.34. The van der Waals surface area contributed by atoms with E-state index >= 15 is 0 Å². The smallest absolute Gasteiger partial charge is 0.282 e. The van der Waals surface area contributed by atoms with E-state index in [4.69, 9.17) is 17.3 Å². The topological polar surface area (TPSA) is 115 Å². The van der Waals surface area contributed by atoms with Gasteiger partial charge >= 0.3 is 0 Å². The summed E-state index contributed by atoms with van der Waals surface area (Å²) in [4.78, 5) is 36.4. The van der Waals surface area contributed by atoms with Crippen LogP contribution in [-0.4, -0.2) is 16.7 Å². The van der Waals surface area contributed by atoms with Crippen LogP contribution in [0.25, 0.3) is 0 Å². The molecule has 3 N–H and O–H groups in total. The van der Waals surface area contributed by atoms with Crippen LogP contribution in [0.1, 0.15) is 57.3 Å². The highest BCUT2D eigenvalue weighted by Crippen LogP contribution is 2.41. The number of rotatable bonds is 6. The predicted molar refractivity (Wildman–Crippen MR) is 109 cm³/mol. The molecular formula is C19H20ClN3O4S. The number of carbonyl (C=O) groups excluding carboxylic acids is 2. The van der Waals surface area contributed by atoms with E-state index < -0.39 is 16.7 Å². The van der Waals surface area contributed by atoms with Gasteiger partial charge in [0, 0.05) is 16.0 Å². The van der Waals surface area contributed by atoms with E-state index in [1.54, 1.807) is 0 Å². The summed E-state index contributed by atoms with van der Waals surface area (Å²) in [7, 11) is 0. The zero-order valence-corrected chi connectivity index (χ0v) is 16.9. The Balaban J connectivity index is 1.95. The van der Waals surface area contributed by atoms with E-state index in [1.807, 2.05) is 0 Å². The molecule has 2 amide bonds. The van der Waals surface area contributed by atoms with E-state index in [0.29, 0.717) is 16.5 Å². The van der Waals surface area contributed by atoms with Gasteiger partial charge in [-0.1, -0.05) is 31.4 Å². The second-order valence-corrected chi connectivity index (χ2v) is 8.38. The molecule has 7 nitrogen and oxygen atoms in total. The lowest BCUT2D eigenvalue weighted by atomic mass is 9.84. The van der Waals surface area contributed by atoms with E-state index in [0.717, 1.165) is 42.5 Å². The summed E-state index contributed by atoms with van der Waals surface area (Å²) in [5, 5.41) is 14.4. The number of hydrogen-bond donors (Lipinski definition) is 2. The first kappa shape index (κ1) is 20.3. The lowest BCUT2D eigenvalue weighted by Crippen LogP contribution is -2.20. The van der Waals surface area contributed by atoms with Crippen molar-refractivity contribution in [3.05, 3.63) is 54.9 Å². The Morgan fingerprint density at radius 2 is 2.18 bits per heavy atom. The van der Waals surface area contributed by atoms with Crippen molar-refractivity contribution < 1.29 is 14.5 Å². The molecule has 9 heteroatoms. The zero-order chi connectivity index (χ0) is 20.4. The van der Waals surface area contributed by atoms with Crippen molar-refractivity contribution in [1.29, 1.82) is 0 Å². The number of anilines is 1. The number of primary amides is 1. The molecule has 1 aliphatic rings. The van der Waals surface area contributed by atoms with Crippen molar-refractivity contribution in [3.8, 4) is 0 Å². The minimum Gasteiger partial charge on any atom is -0.365 e. The number of thiophene rings is 1. The normalized spacial score (nSPS) is 15.7. The maximum Gasteiger partial charge on any atom is 0.282 e. The average Bonchev–Trinajstić information content (AvgIpc) is 2.98. The minimum atomic E-state index is -0.694. The van der Waals surface area contributed by atoms with Crippen LogP contribution in [0.4, 0.5) is 10.7 Å². The zero-order valence-electron chi connectivity index (χ0n) is 15.3. The van der Waals surface area contributed by atoms with Crippen molar-refractivity contribution in [1.82, 2.24) is 0 Å². The maximum atomic E-state index is 12.7. The van der Waals surface area contributed by atoms with Gasteiger partial charge in [0.2, 0.25) is 0 Å². The van der Waals surface area contributed by atoms with Crippen LogP contribution in [0, 0.1) is 16.0 Å². The molecule has 0 spiro atoms. The summed E-state index contributed by atoms with van der Waals surface area (Å²) >= 11 is 7.23. The predicted octanol–water partition coefficient (Wildman–Crippen LogP) is 4.57. The first-order valence-electron chi connectivity index (χ1n) is 9.01. The summed E-state index contributed by atoms with van der Waals surface area (Å²) in [5.41, 5.74) is 6.26. The highest BCUT2D eigenvalue weighted by molar-refractivity contribution is 7.17. The highest BCUT2D eigenvalue weighted by Gasteiger charge is 2.29. The molecule has 0 aliphatic heterocycles. The van der Waals surface area contributed by atoms with Crippen LogP contribution in [0.5, 0.6) is 0 Å². The summed E-state index contributed by atoms with van der Waals surface area (Å²) < 4.78 is 0. The lowest BCUT2D eigenvalue weighted by Gasteiger charge is -2.21. The van der Waals surface area contributed by atoms with Crippen LogP contribution in [0.3, 0.4) is 0 Å². The SMILES string of the molecule is CCC[C@@H]1CCc2c(sc(NC(=O)c3cc(Cl)ccc3[N+](=O)[O-])c2C(N)=O)C1. The van der Waals surface area contributed by atoms with Crippen LogP contribution in [-0.2, 0) is 12.8 Å². The lowest BCUT2D eigenvalue weighted by molar-refractivity contribution is -0.385. The van der Waals surface area contributed by atoms with E-state index in [1.165, 1.54) is 29.5 Å². The highest BCUT2D eigenvalue weighted by atomic mass is 35.5. The van der Waals surface area contributed by atoms with Gasteiger partial charge in [0.25, 0.3) is 17.5 Å². The number of nitro groups is 1. The molecule has 1 atom stereocenters. The molecule has 1 aromatic heterocycles. The molecule has 0 unspecified atom stereocenters. The molecule has 0 fully saturated rings. The van der Waals surface area contributed by atoms with Gasteiger partial charge in [-0.05, 0) is 42.9 Å². The van der Waals surface area contributed by atoms with Crippen LogP contribution < -0.4 is 11.1 Å². The van der Waals surface area contributed by atoms with E-state index in [9.17, 15) is 19.7 Å². The molecule has 1 aromatic carbocycles. The number of amides is 2. The van der Waals surface area contributed by atoms with Crippen molar-refractivity contribution in [2.75, 3.05) is 5.32 Å². The fourth-order valence-corrected chi connectivity index (χ4v) is 5.21. The molecular weight excluding hydrogens is 402 g/mol. The number of fused-ring (bicyclic) bond motifs is 1. The molecule has 0 saturated carbocycles. The van der Waals surface area contributed by atoms with Crippen LogP contribution >= 0.6 is 22.9 Å². The van der Waals surface area contributed by atoms with E-state index in [-0.39, 0.29) is 16.3 Å². The van der Waals surface area contributed by atoms with Gasteiger partial charge in [-0.3, -0.25) is 19.7 Å². The Kier molecular flexibility index (Phi) is 6.00. The van der Waals surface area contributed by atoms with Gasteiger partial charge in [-0.15, -0.1) is 11.3 Å². The second-order valence-electron chi connectivity index (χ2n) is 6.84. The first-order valence-corrected chi connectivity index (χ1v) is 10.2. The maximum absolute atomic E-state index is 12.7. The van der Waals surface area contributed by atoms with Crippen molar-refractivity contribution in [3.63, 3.8) is 0 Å². The van der Waals surface area contributed by atoms with Gasteiger partial charge in [-0.25, -0.2) is 0 Å². The van der Waals surface area contributed by atoms with E-state index in [2.05, 4.69) is 12.2 Å². The number of benzene rings is 1. The molecule has 28 heavy (non-hydrogen) atoms. The fourth-order valence-electron chi connectivity index (χ4n) is 3.68. The quantitative estimate of drug-likeness (QED) is 0.525. The Hall–Kier alpha value is -2.45. The van der Waals surface area contributed by atoms with Gasteiger partial charge in [0.05, 0.1) is 10.5 Å². The minimum absolute atomic E-state index is 0.164. The first-order chi connectivity index (χ1) is 13.3. The molecule has 0 bridgehead atoms. The molecule has 3 rings (SSSR count). The molecule has 1 aliphatic carbocycles. The summed E-state index contributed by atoms with van der Waals surface area (Å²) in [6.07, 6.45) is 4.77. The van der Waals surface area contributed by atoms with Crippen LogP contribution in [0.15, 0.2) is 18.2 Å². The Bertz CT molecular complexity index is 957. The summed E-state index contributed by atoms with van der Waals surface area (Å²) in [5.74, 6) is -0.753. The summed E-state index contributed by atoms with van der Waals surface area (Å²) in [6.45, 7) is 2.14. The number of halogens is 1. The molecule has 2 aromatic rings. The van der Waals surface area contributed by atoms with Crippen LogP contribution in [0.2, 0.25) is 5.02 Å². The van der Waals surface area contributed by atoms with Crippen molar-refractivity contribution in [2.45, 2.75) is 39.0 Å². The third-order valence-electron chi connectivity index (χ3n) is 4.94. The van der Waals surface area contributed by atoms with Crippen molar-refractivity contribution >= 4 is 45.4 Å². The number of nitrogens with two attached hydrogens (primary N) is 1. The number of carbonyl (C=O) groups is 2. The van der Waals surface area contributed by atoms with Gasteiger partial charge < -0.3 is 11.1 Å². The number of nitro benzene ring substituents is 1. The number of hydrogen-bond acceptors (Lipinski definition) is 5. The van der Waals surface area contributed by atoms with Gasteiger partial charge in [0.1, 0.15) is 10.6 Å². The average molecular weight is 422 g/mol. The molecule has 0 saturated heterocycles. The molecule has 1 heterocycles. The largest absolute Gasteiger partial charge is 0.365 e. The summed E-state index contributed by atoms with van der Waals surface area (Å²) in [6, 6.07) is 3.77. The second kappa shape index (κ2) is 8.28. The number of nitrogens with zero attached hydrogens (tertiary/aromatic N) is 1. The Morgan fingerprint density at radius 3 is 2.82 bits per heavy atom. The monoisotopic (exact) mass is 421 g/mol. The third kappa shape index (κ3) is 4.02. The fraction of sp³-hybridized carbons (Fsp3) is 0.368. The van der Waals surface area contributed by atoms with Crippen molar-refractivity contribution in [2.24, 2.45) is 11.7 Å².